The van der Waals surface area contributed by atoms with Gasteiger partial charge in [-0.1, -0.05) is 24.3 Å². The molecule has 0 amide bonds. The molecule has 0 atom stereocenters. The monoisotopic (exact) mass is 324 g/mol. The van der Waals surface area contributed by atoms with E-state index in [0.717, 1.165) is 38.8 Å². The Kier molecular flexibility index (Phi) is 2.66. The van der Waals surface area contributed by atoms with Gasteiger partial charge < -0.3 is 4.74 Å². The second-order valence-electron chi connectivity index (χ2n) is 6.35. The fourth-order valence-electron chi connectivity index (χ4n) is 3.68. The molecule has 1 aliphatic heterocycles. The predicted octanol–water partition coefficient (Wildman–Crippen LogP) is 4.17. The molecule has 118 valence electrons. The zero-order valence-corrected chi connectivity index (χ0v) is 13.9. The van der Waals surface area contributed by atoms with Gasteiger partial charge >= 0.3 is 0 Å². The fourth-order valence-corrected chi connectivity index (χ4v) is 3.68. The third-order valence-corrected chi connectivity index (χ3v) is 4.88. The number of nitriles is 1. The molecule has 0 fully saturated rings. The van der Waals surface area contributed by atoms with Crippen LogP contribution in [0.25, 0.3) is 33.1 Å². The Labute approximate surface area is 144 Å². The number of nitrogens with zero attached hydrogens (tertiary/aromatic N) is 3. The largest absolute Gasteiger partial charge is 0.433 e. The van der Waals surface area contributed by atoms with Crippen LogP contribution in [0.4, 0.5) is 0 Å². The molecule has 5 rings (SSSR count). The van der Waals surface area contributed by atoms with Crippen molar-refractivity contribution in [2.75, 3.05) is 0 Å². The maximum Gasteiger partial charge on any atom is 0.294 e. The van der Waals surface area contributed by atoms with Gasteiger partial charge in [-0.3, -0.25) is 0 Å². The first-order valence-electron chi connectivity index (χ1n) is 8.12. The predicted molar refractivity (Wildman–Crippen MR) is 95.4 cm³/mol. The first kappa shape index (κ1) is 13.9. The van der Waals surface area contributed by atoms with Crippen LogP contribution in [0, 0.1) is 18.3 Å². The summed E-state index contributed by atoms with van der Waals surface area (Å²) in [5, 5.41) is 11.4. The van der Waals surface area contributed by atoms with Crippen LogP contribution in [0.3, 0.4) is 0 Å². The van der Waals surface area contributed by atoms with Gasteiger partial charge in [0.25, 0.3) is 11.6 Å². The van der Waals surface area contributed by atoms with Gasteiger partial charge in [-0.05, 0) is 36.1 Å². The van der Waals surface area contributed by atoms with Crippen LogP contribution in [0.1, 0.15) is 11.1 Å². The average Bonchev–Trinajstić information content (AvgIpc) is 2.63. The van der Waals surface area contributed by atoms with Gasteiger partial charge in [-0.2, -0.15) is 9.83 Å². The van der Waals surface area contributed by atoms with E-state index >= 15 is 0 Å². The summed E-state index contributed by atoms with van der Waals surface area (Å²) in [6.07, 6.45) is 0. The van der Waals surface area contributed by atoms with Crippen molar-refractivity contribution >= 4 is 21.8 Å². The summed E-state index contributed by atoms with van der Waals surface area (Å²) in [7, 11) is 2.02. The van der Waals surface area contributed by atoms with Crippen molar-refractivity contribution in [2.24, 2.45) is 7.05 Å². The highest BCUT2D eigenvalue weighted by molar-refractivity contribution is 6.03. The van der Waals surface area contributed by atoms with Gasteiger partial charge in [0.05, 0.1) is 17.2 Å². The molecule has 1 aliphatic rings. The summed E-state index contributed by atoms with van der Waals surface area (Å²) in [6, 6.07) is 18.1. The molecule has 4 aromatic rings. The van der Waals surface area contributed by atoms with Gasteiger partial charge in [-0.25, -0.2) is 4.98 Å². The molecule has 0 bridgehead atoms. The quantitative estimate of drug-likeness (QED) is 0.402. The summed E-state index contributed by atoms with van der Waals surface area (Å²) < 4.78 is 8.26. The number of rotatable bonds is 0. The lowest BCUT2D eigenvalue weighted by atomic mass is 9.94. The van der Waals surface area contributed by atoms with E-state index < -0.39 is 0 Å². The zero-order chi connectivity index (χ0) is 17.1. The molecule has 0 radical (unpaired) electrons. The summed E-state index contributed by atoms with van der Waals surface area (Å²) >= 11 is 0. The minimum Gasteiger partial charge on any atom is -0.433 e. The number of benzene rings is 3. The molecular weight excluding hydrogens is 310 g/mol. The molecule has 0 N–H and O–H groups in total. The third-order valence-electron chi connectivity index (χ3n) is 4.88. The highest BCUT2D eigenvalue weighted by Crippen LogP contribution is 2.45. The van der Waals surface area contributed by atoms with Gasteiger partial charge in [0.2, 0.25) is 5.52 Å². The lowest BCUT2D eigenvalue weighted by Crippen LogP contribution is -2.34. The summed E-state index contributed by atoms with van der Waals surface area (Å²) in [4.78, 5) is 4.72. The standard InChI is InChI=1S/C21H14N3O/c1-12-6-8-14-4-3-5-17-19(14)18(12)20-21(25-17)23-15-10-13(11-22)7-9-16(15)24(20)2/h3-10H,1-2H3/q+1. The number of ether oxygens (including phenoxy) is 1. The van der Waals surface area contributed by atoms with E-state index in [1.165, 1.54) is 5.56 Å². The number of aromatic nitrogens is 2. The van der Waals surface area contributed by atoms with Gasteiger partial charge in [0.1, 0.15) is 18.3 Å². The minimum atomic E-state index is 0.583. The molecule has 0 aliphatic carbocycles. The summed E-state index contributed by atoms with van der Waals surface area (Å²) in [5.74, 6) is 1.41. The van der Waals surface area contributed by atoms with Crippen molar-refractivity contribution in [3.05, 3.63) is 59.7 Å². The number of hydrogen-bond acceptors (Lipinski definition) is 3. The van der Waals surface area contributed by atoms with Crippen LogP contribution in [-0.4, -0.2) is 4.98 Å². The molecule has 1 aromatic heterocycles. The van der Waals surface area contributed by atoms with Crippen molar-refractivity contribution in [3.63, 3.8) is 0 Å². The lowest BCUT2D eigenvalue weighted by Gasteiger charge is -2.20. The molecule has 4 nitrogen and oxygen atoms in total. The molecule has 0 saturated heterocycles. The Morgan fingerprint density at radius 2 is 2.00 bits per heavy atom. The van der Waals surface area contributed by atoms with E-state index in [4.69, 9.17) is 15.0 Å². The summed E-state index contributed by atoms with van der Waals surface area (Å²) in [5.41, 5.74) is 5.64. The van der Waals surface area contributed by atoms with Gasteiger partial charge in [-0.15, -0.1) is 0 Å². The Morgan fingerprint density at radius 3 is 2.84 bits per heavy atom. The third kappa shape index (κ3) is 1.81. The fraction of sp³-hybridized carbons (Fsp3) is 0.0952. The normalized spacial score (nSPS) is 11.9. The topological polar surface area (TPSA) is 49.8 Å². The van der Waals surface area contributed by atoms with Crippen molar-refractivity contribution in [3.8, 4) is 29.0 Å². The average molecular weight is 324 g/mol. The second kappa shape index (κ2) is 4.78. The van der Waals surface area contributed by atoms with Crippen LogP contribution in [0.5, 0.6) is 11.6 Å². The van der Waals surface area contributed by atoms with E-state index in [0.29, 0.717) is 11.4 Å². The number of aryl methyl sites for hydroxylation is 2. The molecule has 4 heteroatoms. The van der Waals surface area contributed by atoms with Crippen LogP contribution >= 0.6 is 0 Å². The minimum absolute atomic E-state index is 0.583. The van der Waals surface area contributed by atoms with Gasteiger partial charge in [0, 0.05) is 11.5 Å². The van der Waals surface area contributed by atoms with E-state index in [1.807, 2.05) is 31.3 Å². The molecular formula is C21H14N3O+. The smallest absolute Gasteiger partial charge is 0.294 e. The zero-order valence-electron chi connectivity index (χ0n) is 13.9. The van der Waals surface area contributed by atoms with E-state index in [-0.39, 0.29) is 0 Å². The first-order valence-corrected chi connectivity index (χ1v) is 8.12. The summed E-state index contributed by atoms with van der Waals surface area (Å²) in [6.45, 7) is 2.11. The van der Waals surface area contributed by atoms with Crippen LogP contribution in [0.2, 0.25) is 0 Å². The highest BCUT2D eigenvalue weighted by Gasteiger charge is 2.31. The molecule has 0 spiro atoms. The molecule has 2 heterocycles. The first-order chi connectivity index (χ1) is 12.2. The molecule has 25 heavy (non-hydrogen) atoms. The van der Waals surface area contributed by atoms with Crippen molar-refractivity contribution in [1.29, 1.82) is 5.26 Å². The van der Waals surface area contributed by atoms with Gasteiger partial charge in [0.15, 0.2) is 0 Å². The lowest BCUT2D eigenvalue weighted by molar-refractivity contribution is -0.634. The second-order valence-corrected chi connectivity index (χ2v) is 6.35. The molecule has 0 saturated carbocycles. The Morgan fingerprint density at radius 1 is 1.12 bits per heavy atom. The number of fused-ring (bicyclic) bond motifs is 3. The number of hydrogen-bond donors (Lipinski definition) is 0. The van der Waals surface area contributed by atoms with E-state index in [1.54, 1.807) is 6.07 Å². The van der Waals surface area contributed by atoms with Crippen LogP contribution < -0.4 is 9.30 Å². The highest BCUT2D eigenvalue weighted by atomic mass is 16.5. The van der Waals surface area contributed by atoms with Crippen LogP contribution in [0.15, 0.2) is 48.5 Å². The van der Waals surface area contributed by atoms with E-state index in [9.17, 15) is 0 Å². The van der Waals surface area contributed by atoms with Crippen LogP contribution in [-0.2, 0) is 7.05 Å². The van der Waals surface area contributed by atoms with Crippen molar-refractivity contribution in [1.82, 2.24) is 4.98 Å². The maximum atomic E-state index is 9.16. The van der Waals surface area contributed by atoms with Crippen molar-refractivity contribution < 1.29 is 9.30 Å². The Balaban J connectivity index is 1.96. The molecule has 3 aromatic carbocycles. The molecule has 0 unspecified atom stereocenters. The maximum absolute atomic E-state index is 9.16. The Hall–Kier alpha value is -3.45. The van der Waals surface area contributed by atoms with E-state index in [2.05, 4.69) is 35.8 Å². The SMILES string of the molecule is Cc1ccc2cccc3c2c1-c1c(nc2cc(C#N)ccc2[n+]1C)O3. The van der Waals surface area contributed by atoms with Crippen molar-refractivity contribution in [2.45, 2.75) is 6.92 Å². The Bertz CT molecular complexity index is 1250.